The lowest BCUT2D eigenvalue weighted by Gasteiger charge is -2.36. The summed E-state index contributed by atoms with van der Waals surface area (Å²) < 4.78 is 18.8. The Morgan fingerprint density at radius 1 is 1.43 bits per heavy atom. The number of rotatable bonds is 4. The fourth-order valence-electron chi connectivity index (χ4n) is 3.36. The van der Waals surface area contributed by atoms with E-state index < -0.39 is 24.1 Å². The van der Waals surface area contributed by atoms with Gasteiger partial charge in [0, 0.05) is 18.7 Å². The van der Waals surface area contributed by atoms with Crippen LogP contribution < -0.4 is 5.32 Å². The zero-order valence-corrected chi connectivity index (χ0v) is 17.4. The number of ether oxygens (including phenoxy) is 1. The molecule has 2 N–H and O–H groups in total. The van der Waals surface area contributed by atoms with Crippen molar-refractivity contribution in [3.05, 3.63) is 51.8 Å². The van der Waals surface area contributed by atoms with Crippen LogP contribution in [0.25, 0.3) is 0 Å². The number of aromatic nitrogens is 2. The van der Waals surface area contributed by atoms with E-state index in [1.807, 2.05) is 13.8 Å². The predicted octanol–water partition coefficient (Wildman–Crippen LogP) is 3.17. The molecule has 2 heterocycles. The third-order valence-electron chi connectivity index (χ3n) is 4.85. The molecular formula is C19H22BrFN4O3. The smallest absolute Gasteiger partial charge is 0.328 e. The van der Waals surface area contributed by atoms with E-state index in [1.165, 1.54) is 13.2 Å². The molecule has 1 aliphatic rings. The molecule has 1 aromatic carbocycles. The number of nitrogens with one attached hydrogen (secondary N) is 2. The maximum absolute atomic E-state index is 13.7. The van der Waals surface area contributed by atoms with E-state index >= 15 is 0 Å². The van der Waals surface area contributed by atoms with Crippen LogP contribution in [0.1, 0.15) is 36.8 Å². The zero-order valence-electron chi connectivity index (χ0n) is 15.8. The van der Waals surface area contributed by atoms with Gasteiger partial charge in [-0.3, -0.25) is 0 Å². The fourth-order valence-corrected chi connectivity index (χ4v) is 3.75. The molecule has 1 aliphatic heterocycles. The zero-order chi connectivity index (χ0) is 20.4. The van der Waals surface area contributed by atoms with Gasteiger partial charge in [0.25, 0.3) is 0 Å². The molecule has 0 spiro atoms. The minimum absolute atomic E-state index is 0.138. The van der Waals surface area contributed by atoms with Crippen molar-refractivity contribution in [2.45, 2.75) is 32.4 Å². The molecular weight excluding hydrogens is 431 g/mol. The molecule has 0 aliphatic carbocycles. The largest absolute Gasteiger partial charge is 0.467 e. The number of benzene rings is 1. The third-order valence-corrected chi connectivity index (χ3v) is 5.45. The first-order valence-corrected chi connectivity index (χ1v) is 9.74. The van der Waals surface area contributed by atoms with Gasteiger partial charge < -0.3 is 19.9 Å². The minimum Gasteiger partial charge on any atom is -0.467 e. The summed E-state index contributed by atoms with van der Waals surface area (Å²) in [5.41, 5.74) is 2.36. The monoisotopic (exact) mass is 452 g/mol. The average Bonchev–Trinajstić information content (AvgIpc) is 3.15. The van der Waals surface area contributed by atoms with Gasteiger partial charge in [-0.05, 0) is 39.5 Å². The molecule has 0 bridgehead atoms. The van der Waals surface area contributed by atoms with Gasteiger partial charge in [-0.1, -0.05) is 19.9 Å². The first kappa shape index (κ1) is 20.3. The van der Waals surface area contributed by atoms with Crippen molar-refractivity contribution >= 4 is 27.9 Å². The third kappa shape index (κ3) is 3.89. The molecule has 0 fully saturated rings. The van der Waals surface area contributed by atoms with Crippen LogP contribution in [0.5, 0.6) is 0 Å². The number of carbonyl (C=O) groups is 2. The number of halogens is 2. The summed E-state index contributed by atoms with van der Waals surface area (Å²) in [6, 6.07) is 2.96. The number of methoxy groups -OCH3 is 1. The van der Waals surface area contributed by atoms with Crippen LogP contribution in [0.15, 0.2) is 29.0 Å². The molecule has 9 heteroatoms. The standard InChI is InChI=1S/C19H22BrFN4O3/c1-10(2)15(18(26)28-3)24-19(27)25-7-6-14-16(23-9-22-14)17(25)11-4-5-13(21)12(20)8-11/h4-5,8-10,15,17H,6-7H2,1-3H3,(H,22,23)(H,24,27)/t15-,17-/m0/s1. The Morgan fingerprint density at radius 2 is 2.18 bits per heavy atom. The Morgan fingerprint density at radius 3 is 2.82 bits per heavy atom. The van der Waals surface area contributed by atoms with Crippen LogP contribution in [-0.4, -0.2) is 46.6 Å². The maximum Gasteiger partial charge on any atom is 0.328 e. The quantitative estimate of drug-likeness (QED) is 0.697. The Kier molecular flexibility index (Phi) is 6.02. The van der Waals surface area contributed by atoms with Crippen LogP contribution in [0.2, 0.25) is 0 Å². The molecule has 7 nitrogen and oxygen atoms in total. The van der Waals surface area contributed by atoms with Gasteiger partial charge in [-0.2, -0.15) is 0 Å². The van der Waals surface area contributed by atoms with Crippen LogP contribution >= 0.6 is 15.9 Å². The lowest BCUT2D eigenvalue weighted by Crippen LogP contribution is -2.53. The Bertz CT molecular complexity index is 886. The Balaban J connectivity index is 1.95. The van der Waals surface area contributed by atoms with Gasteiger partial charge in [-0.25, -0.2) is 19.0 Å². The van der Waals surface area contributed by atoms with Crippen molar-refractivity contribution in [2.24, 2.45) is 5.92 Å². The topological polar surface area (TPSA) is 87.3 Å². The van der Waals surface area contributed by atoms with Gasteiger partial charge in [0.05, 0.1) is 23.6 Å². The number of carbonyl (C=O) groups excluding carboxylic acids is 2. The number of nitrogens with zero attached hydrogens (tertiary/aromatic N) is 2. The molecule has 2 amide bonds. The number of hydrogen-bond acceptors (Lipinski definition) is 4. The lowest BCUT2D eigenvalue weighted by molar-refractivity contribution is -0.144. The summed E-state index contributed by atoms with van der Waals surface area (Å²) in [7, 11) is 1.29. The number of imidazole rings is 1. The average molecular weight is 453 g/mol. The summed E-state index contributed by atoms with van der Waals surface area (Å²) in [6.07, 6.45) is 2.19. The summed E-state index contributed by atoms with van der Waals surface area (Å²) >= 11 is 3.20. The van der Waals surface area contributed by atoms with Gasteiger partial charge in [0.1, 0.15) is 17.9 Å². The highest BCUT2D eigenvalue weighted by Gasteiger charge is 2.36. The van der Waals surface area contributed by atoms with Crippen molar-refractivity contribution in [1.82, 2.24) is 20.2 Å². The predicted molar refractivity (Wildman–Crippen MR) is 104 cm³/mol. The Hall–Kier alpha value is -2.42. The molecule has 2 atom stereocenters. The lowest BCUT2D eigenvalue weighted by atomic mass is 9.96. The molecule has 0 radical (unpaired) electrons. The highest BCUT2D eigenvalue weighted by molar-refractivity contribution is 9.10. The molecule has 28 heavy (non-hydrogen) atoms. The SMILES string of the molecule is COC(=O)[C@@H](NC(=O)N1CCc2[nH]cnc2[C@@H]1c1ccc(F)c(Br)c1)C(C)C. The van der Waals surface area contributed by atoms with Crippen molar-refractivity contribution in [3.63, 3.8) is 0 Å². The first-order chi connectivity index (χ1) is 13.3. The van der Waals surface area contributed by atoms with Crippen LogP contribution in [-0.2, 0) is 16.0 Å². The number of H-pyrrole nitrogens is 1. The summed E-state index contributed by atoms with van der Waals surface area (Å²) in [6.45, 7) is 4.09. The van der Waals surface area contributed by atoms with E-state index in [0.29, 0.717) is 23.1 Å². The Labute approximate surface area is 170 Å². The number of aromatic amines is 1. The normalized spacial score (nSPS) is 17.2. The van der Waals surface area contributed by atoms with E-state index in [4.69, 9.17) is 4.74 Å². The van der Waals surface area contributed by atoms with Gasteiger partial charge in [-0.15, -0.1) is 0 Å². The molecule has 3 rings (SSSR count). The summed E-state index contributed by atoms with van der Waals surface area (Å²) in [4.78, 5) is 34.2. The fraction of sp³-hybridized carbons (Fsp3) is 0.421. The van der Waals surface area contributed by atoms with E-state index in [-0.39, 0.29) is 11.7 Å². The van der Waals surface area contributed by atoms with E-state index in [1.54, 1.807) is 23.4 Å². The number of amides is 2. The van der Waals surface area contributed by atoms with Crippen molar-refractivity contribution in [1.29, 1.82) is 0 Å². The number of hydrogen-bond donors (Lipinski definition) is 2. The highest BCUT2D eigenvalue weighted by Crippen LogP contribution is 2.35. The minimum atomic E-state index is -0.765. The molecule has 0 unspecified atom stereocenters. The maximum atomic E-state index is 13.7. The van der Waals surface area contributed by atoms with Crippen LogP contribution in [0.4, 0.5) is 9.18 Å². The van der Waals surface area contributed by atoms with Gasteiger partial charge in [0.15, 0.2) is 0 Å². The van der Waals surface area contributed by atoms with Gasteiger partial charge >= 0.3 is 12.0 Å². The van der Waals surface area contributed by atoms with Crippen LogP contribution in [0.3, 0.4) is 0 Å². The number of fused-ring (bicyclic) bond motifs is 1. The molecule has 0 saturated carbocycles. The molecule has 150 valence electrons. The summed E-state index contributed by atoms with van der Waals surface area (Å²) in [5.74, 6) is -1.02. The molecule has 2 aromatic rings. The highest BCUT2D eigenvalue weighted by atomic mass is 79.9. The van der Waals surface area contributed by atoms with Gasteiger partial charge in [0.2, 0.25) is 0 Å². The van der Waals surface area contributed by atoms with E-state index in [2.05, 4.69) is 31.2 Å². The van der Waals surface area contributed by atoms with E-state index in [0.717, 1.165) is 11.3 Å². The van der Waals surface area contributed by atoms with Crippen LogP contribution in [0, 0.1) is 11.7 Å². The number of esters is 1. The first-order valence-electron chi connectivity index (χ1n) is 8.95. The van der Waals surface area contributed by atoms with Crippen molar-refractivity contribution in [2.75, 3.05) is 13.7 Å². The molecule has 1 aromatic heterocycles. The van der Waals surface area contributed by atoms with E-state index in [9.17, 15) is 14.0 Å². The second-order valence-corrected chi connectivity index (χ2v) is 7.83. The summed E-state index contributed by atoms with van der Waals surface area (Å²) in [5, 5.41) is 2.77. The van der Waals surface area contributed by atoms with Crippen molar-refractivity contribution in [3.8, 4) is 0 Å². The van der Waals surface area contributed by atoms with Crippen molar-refractivity contribution < 1.29 is 18.7 Å². The number of urea groups is 1. The molecule has 0 saturated heterocycles. The second kappa shape index (κ2) is 8.30. The second-order valence-electron chi connectivity index (χ2n) is 6.98.